The van der Waals surface area contributed by atoms with Gasteiger partial charge < -0.3 is 5.73 Å². The van der Waals surface area contributed by atoms with Crippen molar-refractivity contribution in [2.45, 2.75) is 6.92 Å². The molecule has 0 unspecified atom stereocenters. The molecule has 0 fully saturated rings. The Morgan fingerprint density at radius 1 is 1.31 bits per heavy atom. The van der Waals surface area contributed by atoms with E-state index in [0.717, 1.165) is 16.4 Å². The van der Waals surface area contributed by atoms with E-state index in [0.29, 0.717) is 5.82 Å². The summed E-state index contributed by atoms with van der Waals surface area (Å²) in [6, 6.07) is 5.56. The third-order valence-electron chi connectivity index (χ3n) is 1.61. The van der Waals surface area contributed by atoms with Crippen LogP contribution in [-0.4, -0.2) is 9.97 Å². The molecule has 0 amide bonds. The Labute approximate surface area is 80.3 Å². The second-order valence-electron chi connectivity index (χ2n) is 2.74. The summed E-state index contributed by atoms with van der Waals surface area (Å²) < 4.78 is 0. The monoisotopic (exact) mass is 191 g/mol. The number of thiazole rings is 1. The highest BCUT2D eigenvalue weighted by Crippen LogP contribution is 2.21. The average Bonchev–Trinajstić information content (AvgIpc) is 2.52. The minimum Gasteiger partial charge on any atom is -0.384 e. The Balaban J connectivity index is 2.46. The maximum absolute atomic E-state index is 5.57. The second kappa shape index (κ2) is 3.14. The summed E-state index contributed by atoms with van der Waals surface area (Å²) in [6.07, 6.45) is 0. The van der Waals surface area contributed by atoms with Crippen LogP contribution in [0.3, 0.4) is 0 Å². The Morgan fingerprint density at radius 2 is 2.15 bits per heavy atom. The molecule has 0 atom stereocenters. The van der Waals surface area contributed by atoms with Gasteiger partial charge in [-0.3, -0.25) is 0 Å². The van der Waals surface area contributed by atoms with Crippen molar-refractivity contribution in [3.8, 4) is 10.7 Å². The number of nitrogen functional groups attached to an aromatic ring is 1. The summed E-state index contributed by atoms with van der Waals surface area (Å²) in [7, 11) is 0. The van der Waals surface area contributed by atoms with Crippen molar-refractivity contribution in [2.75, 3.05) is 5.73 Å². The van der Waals surface area contributed by atoms with Crippen LogP contribution >= 0.6 is 11.3 Å². The van der Waals surface area contributed by atoms with Gasteiger partial charge in [-0.05, 0) is 19.1 Å². The van der Waals surface area contributed by atoms with E-state index < -0.39 is 0 Å². The molecule has 0 spiro atoms. The highest BCUT2D eigenvalue weighted by Gasteiger charge is 2.03. The largest absolute Gasteiger partial charge is 0.384 e. The lowest BCUT2D eigenvalue weighted by atomic mass is 10.3. The molecule has 0 bridgehead atoms. The predicted molar refractivity (Wildman–Crippen MR) is 54.5 cm³/mol. The molecule has 0 aliphatic heterocycles. The fourth-order valence-corrected chi connectivity index (χ4v) is 1.81. The van der Waals surface area contributed by atoms with Crippen molar-refractivity contribution in [3.63, 3.8) is 0 Å². The first-order valence-corrected chi connectivity index (χ1v) is 4.79. The summed E-state index contributed by atoms with van der Waals surface area (Å²) in [6.45, 7) is 1.96. The van der Waals surface area contributed by atoms with Crippen LogP contribution in [0.4, 0.5) is 5.82 Å². The first-order valence-electron chi connectivity index (χ1n) is 3.91. The number of hydrogen-bond donors (Lipinski definition) is 1. The van der Waals surface area contributed by atoms with Gasteiger partial charge in [0.2, 0.25) is 0 Å². The molecular weight excluding hydrogens is 182 g/mol. The third kappa shape index (κ3) is 1.67. The molecule has 2 N–H and O–H groups in total. The molecule has 4 heteroatoms. The molecule has 2 aromatic heterocycles. The predicted octanol–water partition coefficient (Wildman–Crippen LogP) is 2.10. The molecule has 0 saturated carbocycles. The Morgan fingerprint density at radius 3 is 2.77 bits per heavy atom. The van der Waals surface area contributed by atoms with Crippen LogP contribution in [0.15, 0.2) is 23.6 Å². The van der Waals surface area contributed by atoms with Crippen molar-refractivity contribution in [1.82, 2.24) is 9.97 Å². The number of aryl methyl sites for hydroxylation is 1. The Hall–Kier alpha value is -1.42. The summed E-state index contributed by atoms with van der Waals surface area (Å²) in [5, 5.41) is 2.92. The van der Waals surface area contributed by atoms with Gasteiger partial charge in [-0.2, -0.15) is 0 Å². The van der Waals surface area contributed by atoms with Gasteiger partial charge in [0.1, 0.15) is 16.5 Å². The molecule has 2 rings (SSSR count). The summed E-state index contributed by atoms with van der Waals surface area (Å²) in [5.41, 5.74) is 7.43. The normalized spacial score (nSPS) is 10.2. The topological polar surface area (TPSA) is 51.8 Å². The van der Waals surface area contributed by atoms with Gasteiger partial charge in [-0.1, -0.05) is 6.07 Å². The number of pyridine rings is 1. The number of hydrogen-bond acceptors (Lipinski definition) is 4. The zero-order valence-electron chi connectivity index (χ0n) is 7.19. The first kappa shape index (κ1) is 8.19. The van der Waals surface area contributed by atoms with Crippen LogP contribution in [0.1, 0.15) is 5.69 Å². The fourth-order valence-electron chi connectivity index (χ4n) is 1.04. The van der Waals surface area contributed by atoms with Gasteiger partial charge in [0.05, 0.1) is 0 Å². The quantitative estimate of drug-likeness (QED) is 0.751. The van der Waals surface area contributed by atoms with Gasteiger partial charge >= 0.3 is 0 Å². The van der Waals surface area contributed by atoms with Crippen molar-refractivity contribution in [3.05, 3.63) is 29.3 Å². The van der Waals surface area contributed by atoms with Crippen molar-refractivity contribution >= 4 is 17.2 Å². The second-order valence-corrected chi connectivity index (χ2v) is 3.60. The molecule has 2 heterocycles. The van der Waals surface area contributed by atoms with E-state index in [2.05, 4.69) is 9.97 Å². The maximum atomic E-state index is 5.57. The molecule has 0 radical (unpaired) electrons. The highest BCUT2D eigenvalue weighted by atomic mass is 32.1. The molecule has 13 heavy (non-hydrogen) atoms. The molecule has 0 aliphatic carbocycles. The van der Waals surface area contributed by atoms with Gasteiger partial charge in [0, 0.05) is 11.1 Å². The molecule has 3 nitrogen and oxygen atoms in total. The minimum absolute atomic E-state index is 0.533. The van der Waals surface area contributed by atoms with E-state index in [4.69, 9.17) is 5.73 Å². The van der Waals surface area contributed by atoms with Gasteiger partial charge in [0.25, 0.3) is 0 Å². The van der Waals surface area contributed by atoms with E-state index >= 15 is 0 Å². The van der Waals surface area contributed by atoms with E-state index in [1.807, 2.05) is 24.4 Å². The standard InChI is InChI=1S/C9H9N3S/c1-6-5-13-9(11-6)7-3-2-4-8(10)12-7/h2-5H,1H3,(H2,10,12). The zero-order valence-corrected chi connectivity index (χ0v) is 8.01. The van der Waals surface area contributed by atoms with Gasteiger partial charge in [-0.15, -0.1) is 11.3 Å². The lowest BCUT2D eigenvalue weighted by Crippen LogP contribution is -1.90. The summed E-state index contributed by atoms with van der Waals surface area (Å²) in [5.74, 6) is 0.533. The number of anilines is 1. The van der Waals surface area contributed by atoms with E-state index in [9.17, 15) is 0 Å². The van der Waals surface area contributed by atoms with Crippen molar-refractivity contribution in [1.29, 1.82) is 0 Å². The average molecular weight is 191 g/mol. The summed E-state index contributed by atoms with van der Waals surface area (Å²) in [4.78, 5) is 8.50. The van der Waals surface area contributed by atoms with Crippen LogP contribution < -0.4 is 5.73 Å². The molecule has 0 saturated heterocycles. The van der Waals surface area contributed by atoms with Crippen LogP contribution in [0.5, 0.6) is 0 Å². The molecule has 0 aromatic carbocycles. The lowest BCUT2D eigenvalue weighted by molar-refractivity contribution is 1.24. The Kier molecular flexibility index (Phi) is 1.98. The SMILES string of the molecule is Cc1csc(-c2cccc(N)n2)n1. The van der Waals surface area contributed by atoms with Crippen LogP contribution in [0.2, 0.25) is 0 Å². The fraction of sp³-hybridized carbons (Fsp3) is 0.111. The van der Waals surface area contributed by atoms with Crippen LogP contribution in [0.25, 0.3) is 10.7 Å². The lowest BCUT2D eigenvalue weighted by Gasteiger charge is -1.95. The van der Waals surface area contributed by atoms with Gasteiger partial charge in [-0.25, -0.2) is 9.97 Å². The number of rotatable bonds is 1. The Bertz CT molecular complexity index is 422. The smallest absolute Gasteiger partial charge is 0.142 e. The van der Waals surface area contributed by atoms with E-state index in [1.165, 1.54) is 0 Å². The van der Waals surface area contributed by atoms with Gasteiger partial charge in [0.15, 0.2) is 0 Å². The highest BCUT2D eigenvalue weighted by molar-refractivity contribution is 7.13. The van der Waals surface area contributed by atoms with Crippen LogP contribution in [0, 0.1) is 6.92 Å². The zero-order chi connectivity index (χ0) is 9.26. The first-order chi connectivity index (χ1) is 6.25. The molecule has 0 aliphatic rings. The number of aromatic nitrogens is 2. The third-order valence-corrected chi connectivity index (χ3v) is 2.59. The molecule has 2 aromatic rings. The van der Waals surface area contributed by atoms with E-state index in [1.54, 1.807) is 17.4 Å². The maximum Gasteiger partial charge on any atom is 0.142 e. The van der Waals surface area contributed by atoms with Crippen LogP contribution in [-0.2, 0) is 0 Å². The van der Waals surface area contributed by atoms with Crippen molar-refractivity contribution < 1.29 is 0 Å². The summed E-state index contributed by atoms with van der Waals surface area (Å²) >= 11 is 1.58. The minimum atomic E-state index is 0.533. The number of nitrogens with two attached hydrogens (primary N) is 1. The van der Waals surface area contributed by atoms with E-state index in [-0.39, 0.29) is 0 Å². The molecular formula is C9H9N3S. The van der Waals surface area contributed by atoms with Crippen molar-refractivity contribution in [2.24, 2.45) is 0 Å². The molecule has 66 valence electrons. The number of nitrogens with zero attached hydrogens (tertiary/aromatic N) is 2.